The van der Waals surface area contributed by atoms with Crippen LogP contribution in [0.5, 0.6) is 0 Å². The molecule has 1 aliphatic rings. The Bertz CT molecular complexity index is 1070. The Balaban J connectivity index is 1.51. The number of carbonyl (C=O) groups is 1. The summed E-state index contributed by atoms with van der Waals surface area (Å²) in [6.07, 6.45) is 2.78. The van der Waals surface area contributed by atoms with Crippen molar-refractivity contribution in [2.24, 2.45) is 0 Å². The van der Waals surface area contributed by atoms with Crippen molar-refractivity contribution in [3.8, 4) is 0 Å². The van der Waals surface area contributed by atoms with Crippen molar-refractivity contribution in [1.29, 1.82) is 0 Å². The summed E-state index contributed by atoms with van der Waals surface area (Å²) in [5.74, 6) is 0.641. The topological polar surface area (TPSA) is 79.0 Å². The van der Waals surface area contributed by atoms with Gasteiger partial charge in [0.25, 0.3) is 5.56 Å². The van der Waals surface area contributed by atoms with E-state index in [1.807, 2.05) is 49.2 Å². The van der Waals surface area contributed by atoms with Gasteiger partial charge in [0.15, 0.2) is 21.3 Å². The highest BCUT2D eigenvalue weighted by atomic mass is 35.5. The number of aromatic amines is 1. The number of anilines is 1. The molecule has 0 unspecified atom stereocenters. The number of Topliss-reactive ketones (excluding diaryl/α,β-unsaturated/α-hetero) is 1. The first-order valence-electron chi connectivity index (χ1n) is 9.27. The average molecular weight is 417 g/mol. The second-order valence-corrected chi connectivity index (χ2v) is 8.95. The molecule has 4 rings (SSSR count). The van der Waals surface area contributed by atoms with Crippen molar-refractivity contribution in [3.63, 3.8) is 0 Å². The molecule has 1 atom stereocenters. The van der Waals surface area contributed by atoms with Gasteiger partial charge in [0.05, 0.1) is 6.04 Å². The van der Waals surface area contributed by atoms with Gasteiger partial charge in [-0.2, -0.15) is 0 Å². The van der Waals surface area contributed by atoms with Crippen LogP contribution in [0.25, 0.3) is 10.3 Å². The highest BCUT2D eigenvalue weighted by Gasteiger charge is 2.45. The van der Waals surface area contributed by atoms with Crippen LogP contribution in [0.2, 0.25) is 0 Å². The van der Waals surface area contributed by atoms with E-state index in [4.69, 9.17) is 11.6 Å². The van der Waals surface area contributed by atoms with E-state index in [0.29, 0.717) is 34.1 Å². The SMILES string of the molecule is C[C@H](C(=O)CCc1ccccc1)N(C)c1nc2c(=O)[nH]c(C3(Cl)CC3)nc2s1. The molecule has 0 saturated heterocycles. The molecule has 1 N–H and O–H groups in total. The summed E-state index contributed by atoms with van der Waals surface area (Å²) in [5.41, 5.74) is 1.15. The normalized spacial score (nSPS) is 16.1. The minimum atomic E-state index is -0.538. The Morgan fingerprint density at radius 3 is 2.71 bits per heavy atom. The van der Waals surface area contributed by atoms with E-state index < -0.39 is 4.87 Å². The van der Waals surface area contributed by atoms with Gasteiger partial charge in [0.2, 0.25) is 0 Å². The van der Waals surface area contributed by atoms with Crippen molar-refractivity contribution in [2.75, 3.05) is 11.9 Å². The second-order valence-electron chi connectivity index (χ2n) is 7.27. The van der Waals surface area contributed by atoms with Crippen LogP contribution in [0, 0.1) is 0 Å². The number of nitrogens with one attached hydrogen (secondary N) is 1. The predicted molar refractivity (Wildman–Crippen MR) is 112 cm³/mol. The quantitative estimate of drug-likeness (QED) is 0.595. The maximum atomic E-state index is 12.6. The first-order valence-corrected chi connectivity index (χ1v) is 10.5. The Morgan fingerprint density at radius 1 is 1.32 bits per heavy atom. The Labute approximate surface area is 171 Å². The molecule has 1 aromatic carbocycles. The molecule has 0 aliphatic heterocycles. The van der Waals surface area contributed by atoms with Crippen LogP contribution in [0.4, 0.5) is 5.13 Å². The summed E-state index contributed by atoms with van der Waals surface area (Å²) < 4.78 is 0. The van der Waals surface area contributed by atoms with Gasteiger partial charge in [-0.3, -0.25) is 9.59 Å². The average Bonchev–Trinajstić information content (AvgIpc) is 3.30. The van der Waals surface area contributed by atoms with E-state index in [1.54, 1.807) is 0 Å². The van der Waals surface area contributed by atoms with Crippen molar-refractivity contribution in [3.05, 3.63) is 52.1 Å². The number of halogens is 1. The zero-order chi connectivity index (χ0) is 19.9. The fraction of sp³-hybridized carbons (Fsp3) is 0.400. The Morgan fingerprint density at radius 2 is 2.04 bits per heavy atom. The van der Waals surface area contributed by atoms with E-state index >= 15 is 0 Å². The van der Waals surface area contributed by atoms with E-state index in [2.05, 4.69) is 15.0 Å². The molecule has 0 spiro atoms. The third-order valence-electron chi connectivity index (χ3n) is 5.22. The zero-order valence-electron chi connectivity index (χ0n) is 15.7. The van der Waals surface area contributed by atoms with Crippen molar-refractivity contribution in [2.45, 2.75) is 43.5 Å². The summed E-state index contributed by atoms with van der Waals surface area (Å²) in [6, 6.07) is 9.61. The maximum Gasteiger partial charge on any atom is 0.278 e. The maximum absolute atomic E-state index is 12.6. The van der Waals surface area contributed by atoms with E-state index in [1.165, 1.54) is 11.3 Å². The summed E-state index contributed by atoms with van der Waals surface area (Å²) in [4.78, 5) is 38.5. The lowest BCUT2D eigenvalue weighted by Crippen LogP contribution is -2.36. The van der Waals surface area contributed by atoms with Gasteiger partial charge in [-0.1, -0.05) is 41.7 Å². The molecule has 0 radical (unpaired) electrons. The van der Waals surface area contributed by atoms with Crippen molar-refractivity contribution in [1.82, 2.24) is 15.0 Å². The van der Waals surface area contributed by atoms with Gasteiger partial charge in [-0.05, 0) is 31.7 Å². The molecule has 0 bridgehead atoms. The number of aryl methyl sites for hydroxylation is 1. The fourth-order valence-electron chi connectivity index (χ4n) is 3.03. The standard InChI is InChI=1S/C20H21ClN4O2S/c1-12(14(26)9-8-13-6-4-3-5-7-13)25(2)19-22-15-16(27)23-18(20(21)10-11-20)24-17(15)28-19/h3-7,12H,8-11H2,1-2H3,(H,23,24,27)/t12-/m1/s1. The molecule has 0 amide bonds. The number of alkyl halides is 1. The number of likely N-dealkylation sites (N-methyl/N-ethyl adjacent to an activating group) is 1. The molecule has 2 heterocycles. The lowest BCUT2D eigenvalue weighted by atomic mass is 10.0. The second kappa shape index (κ2) is 7.29. The monoisotopic (exact) mass is 416 g/mol. The lowest BCUT2D eigenvalue weighted by molar-refractivity contribution is -0.119. The molecule has 1 fully saturated rings. The van der Waals surface area contributed by atoms with Crippen LogP contribution in [-0.4, -0.2) is 33.8 Å². The highest BCUT2D eigenvalue weighted by Crippen LogP contribution is 2.50. The van der Waals surface area contributed by atoms with Gasteiger partial charge in [0.1, 0.15) is 10.7 Å². The highest BCUT2D eigenvalue weighted by molar-refractivity contribution is 7.21. The summed E-state index contributed by atoms with van der Waals surface area (Å²) in [5, 5.41) is 0.602. The van der Waals surface area contributed by atoms with Crippen LogP contribution in [0.15, 0.2) is 35.1 Å². The van der Waals surface area contributed by atoms with Crippen molar-refractivity contribution < 1.29 is 4.79 Å². The molecule has 1 saturated carbocycles. The first-order chi connectivity index (χ1) is 13.4. The number of benzene rings is 1. The zero-order valence-corrected chi connectivity index (χ0v) is 17.3. The van der Waals surface area contributed by atoms with Crippen LogP contribution < -0.4 is 10.5 Å². The molecular formula is C20H21ClN4O2S. The van der Waals surface area contributed by atoms with Gasteiger partial charge in [0, 0.05) is 13.5 Å². The molecule has 2 aromatic heterocycles. The number of hydrogen-bond acceptors (Lipinski definition) is 6. The first kappa shape index (κ1) is 19.1. The lowest BCUT2D eigenvalue weighted by Gasteiger charge is -2.22. The third-order valence-corrected chi connectivity index (χ3v) is 6.82. The minimum absolute atomic E-state index is 0.130. The molecule has 3 aromatic rings. The number of rotatable bonds is 7. The molecule has 8 heteroatoms. The largest absolute Gasteiger partial charge is 0.341 e. The van der Waals surface area contributed by atoms with E-state index in [-0.39, 0.29) is 17.4 Å². The van der Waals surface area contributed by atoms with Gasteiger partial charge >= 0.3 is 0 Å². The molecule has 28 heavy (non-hydrogen) atoms. The third kappa shape index (κ3) is 3.69. The number of nitrogens with zero attached hydrogens (tertiary/aromatic N) is 3. The number of carbonyl (C=O) groups excluding carboxylic acids is 1. The van der Waals surface area contributed by atoms with Crippen LogP contribution in [0.3, 0.4) is 0 Å². The number of fused-ring (bicyclic) bond motifs is 1. The number of aromatic nitrogens is 3. The van der Waals surface area contributed by atoms with Crippen LogP contribution in [-0.2, 0) is 16.1 Å². The Hall–Kier alpha value is -2.25. The van der Waals surface area contributed by atoms with Gasteiger partial charge in [-0.25, -0.2) is 9.97 Å². The number of hydrogen-bond donors (Lipinski definition) is 1. The van der Waals surface area contributed by atoms with E-state index in [0.717, 1.165) is 18.4 Å². The molecule has 146 valence electrons. The van der Waals surface area contributed by atoms with Crippen molar-refractivity contribution >= 4 is 44.2 Å². The Kier molecular flexibility index (Phi) is 4.97. The summed E-state index contributed by atoms with van der Waals surface area (Å²) >= 11 is 7.70. The van der Waals surface area contributed by atoms with Crippen LogP contribution in [0.1, 0.15) is 37.6 Å². The predicted octanol–water partition coefficient (Wildman–Crippen LogP) is 3.63. The number of H-pyrrole nitrogens is 1. The number of thiazole rings is 1. The smallest absolute Gasteiger partial charge is 0.278 e. The molecule has 6 nitrogen and oxygen atoms in total. The molecule has 1 aliphatic carbocycles. The number of ketones is 1. The van der Waals surface area contributed by atoms with E-state index in [9.17, 15) is 9.59 Å². The van der Waals surface area contributed by atoms with Crippen LogP contribution >= 0.6 is 22.9 Å². The van der Waals surface area contributed by atoms with Gasteiger partial charge < -0.3 is 9.88 Å². The summed E-state index contributed by atoms with van der Waals surface area (Å²) in [6.45, 7) is 1.86. The van der Waals surface area contributed by atoms with Gasteiger partial charge in [-0.15, -0.1) is 11.6 Å². The minimum Gasteiger partial charge on any atom is -0.341 e. The fourth-order valence-corrected chi connectivity index (χ4v) is 4.20. The summed E-state index contributed by atoms with van der Waals surface area (Å²) in [7, 11) is 1.82. The molecular weight excluding hydrogens is 396 g/mol.